The lowest BCUT2D eigenvalue weighted by Crippen LogP contribution is -2.24. The molecule has 12 heteroatoms. The summed E-state index contributed by atoms with van der Waals surface area (Å²) in [5, 5.41) is 12.6. The number of anilines is 2. The fraction of sp³-hybridized carbons (Fsp3) is 0. The van der Waals surface area contributed by atoms with Crippen molar-refractivity contribution in [2.75, 3.05) is 11.1 Å². The zero-order chi connectivity index (χ0) is 92.7. The van der Waals surface area contributed by atoms with Gasteiger partial charge in [0.05, 0.1) is 22.4 Å². The van der Waals surface area contributed by atoms with Crippen LogP contribution in [0.3, 0.4) is 0 Å². The van der Waals surface area contributed by atoms with Crippen LogP contribution in [0.4, 0.5) is 11.4 Å². The third-order valence-corrected chi connectivity index (χ3v) is 30.3. The Hall–Kier alpha value is -14.1. The number of carbonyl (C=O) groups excluding carboxylic acids is 1. The summed E-state index contributed by atoms with van der Waals surface area (Å²) >= 11 is 16.1. The van der Waals surface area contributed by atoms with Crippen molar-refractivity contribution in [3.63, 3.8) is 0 Å². The molecule has 0 aliphatic heterocycles. The topological polar surface area (TPSA) is 98.0 Å². The van der Waals surface area contributed by atoms with E-state index in [9.17, 15) is 9.36 Å². The number of fused-ring (bicyclic) bond motifs is 6. The molecule has 0 aliphatic carbocycles. The molecule has 0 saturated carbocycles. The van der Waals surface area contributed by atoms with E-state index in [1.54, 1.807) is 12.1 Å². The van der Waals surface area contributed by atoms with E-state index in [0.717, 1.165) is 113 Å². The lowest BCUT2D eigenvalue weighted by Gasteiger charge is -2.20. The zero-order valence-corrected chi connectivity index (χ0v) is 82.6. The van der Waals surface area contributed by atoms with Gasteiger partial charge in [-0.05, 0) is 184 Å². The van der Waals surface area contributed by atoms with Crippen LogP contribution in [0.2, 0.25) is 0 Å². The first kappa shape index (κ1) is 92.7. The van der Waals surface area contributed by atoms with Crippen LogP contribution in [0.5, 0.6) is 0 Å². The van der Waals surface area contributed by atoms with Gasteiger partial charge in [-0.3, -0.25) is 4.79 Å². The molecule has 3 N–H and O–H groups in total. The molecule has 0 bridgehead atoms. The molecular weight excluding hydrogens is 2040 g/mol. The molecule has 6 nitrogen and oxygen atoms in total. The van der Waals surface area contributed by atoms with Crippen LogP contribution in [-0.2, 0) is 4.57 Å². The van der Waals surface area contributed by atoms with Crippen LogP contribution in [-0.4, -0.2) is 15.9 Å². The summed E-state index contributed by atoms with van der Waals surface area (Å²) in [6.07, 6.45) is 0. The molecule has 0 atom stereocenters. The second-order valence-corrected chi connectivity index (χ2v) is 39.1. The maximum atomic E-state index is 14.8. The lowest BCUT2D eigenvalue weighted by atomic mass is 9.93. The number of nitrogen functional groups attached to an aromatic ring is 1. The average Bonchev–Trinajstić information content (AvgIpc) is 0.747. The molecular formula is C123H88Br4IN4O2P. The zero-order valence-electron chi connectivity index (χ0n) is 73.2. The van der Waals surface area contributed by atoms with Crippen molar-refractivity contribution in [3.05, 3.63) is 543 Å². The predicted molar refractivity (Wildman–Crippen MR) is 595 cm³/mol. The monoisotopic (exact) mass is 2130 g/mol. The second kappa shape index (κ2) is 45.1. The standard InChI is InChI=1S/C37H26NOP.C25H18BrNO.C25H16BrN.C18H15N.C12H9Br.C6H4BrI/c39-40(29-15-6-2-7-16-29,30-17-8-3-9-18-30)31-25-23-28(24-26-31)37-34-21-12-20-32(27-13-4-1-5-14-27)36(34)33-19-10-11-22-35(33)38-37;26-20-16-14-19(15-17-20)25(28)27-24-13-7-6-12-23(24)22-11-5-4-10-21(22)18-8-2-1-3-9-18;26-19-15-13-18(14-16-19)25-22-11-6-10-20(17-7-2-1-3-8-17)24(22)21-9-4-5-12-23(21)27-25;19-18-13-7-6-12-17(18)16-11-5-4-10-15(16)14-8-2-1-3-9-14;13-12-9-5-4-8-11(12)10-6-2-1-3-7-10;7-5-3-1-2-4-6(5)8/h1-26H;1-17H,(H,27,28);1-16H;1-13H,19H2;1-9H;1-4H. The smallest absolute Gasteiger partial charge is 0.255 e. The number of para-hydroxylation sites is 4. The second-order valence-electron chi connectivity index (χ2n) is 31.7. The lowest BCUT2D eigenvalue weighted by molar-refractivity contribution is 0.102. The van der Waals surface area contributed by atoms with Crippen molar-refractivity contribution in [3.8, 4) is 100 Å². The Bertz CT molecular complexity index is 7790. The predicted octanol–water partition coefficient (Wildman–Crippen LogP) is 34.7. The summed E-state index contributed by atoms with van der Waals surface area (Å²) in [5.41, 5.74) is 30.7. The molecule has 0 spiro atoms. The Labute approximate surface area is 835 Å². The number of hydrogen-bond acceptors (Lipinski definition) is 5. The summed E-state index contributed by atoms with van der Waals surface area (Å²) < 4.78 is 20.4. The van der Waals surface area contributed by atoms with Crippen LogP contribution >= 0.6 is 93.5 Å². The molecule has 1 amide bonds. The van der Waals surface area contributed by atoms with Crippen molar-refractivity contribution in [2.45, 2.75) is 0 Å². The van der Waals surface area contributed by atoms with E-state index in [0.29, 0.717) is 5.56 Å². The van der Waals surface area contributed by atoms with Gasteiger partial charge in [0.2, 0.25) is 0 Å². The van der Waals surface area contributed by atoms with E-state index in [1.165, 1.54) is 79.7 Å². The fourth-order valence-corrected chi connectivity index (χ4v) is 21.0. The van der Waals surface area contributed by atoms with Crippen molar-refractivity contribution in [1.29, 1.82) is 0 Å². The average molecular weight is 2130 g/mol. The van der Waals surface area contributed by atoms with Gasteiger partial charge in [0.1, 0.15) is 0 Å². The highest BCUT2D eigenvalue weighted by molar-refractivity contribution is 14.1. The number of pyridine rings is 2. The first-order valence-corrected chi connectivity index (χ1v) is 50.1. The molecule has 20 aromatic carbocycles. The Morgan fingerprint density at radius 1 is 0.252 bits per heavy atom. The fourth-order valence-electron chi connectivity index (χ4n) is 16.6. The maximum absolute atomic E-state index is 14.8. The van der Waals surface area contributed by atoms with Gasteiger partial charge < -0.3 is 15.6 Å². The Balaban J connectivity index is 0.000000119. The molecule has 0 saturated heterocycles. The normalized spacial score (nSPS) is 10.8. The van der Waals surface area contributed by atoms with Gasteiger partial charge in [-0.1, -0.05) is 485 Å². The minimum absolute atomic E-state index is 0.128. The van der Waals surface area contributed by atoms with Gasteiger partial charge in [0.15, 0.2) is 7.14 Å². The molecule has 2 heterocycles. The van der Waals surface area contributed by atoms with E-state index in [1.807, 2.05) is 218 Å². The molecule has 0 unspecified atom stereocenters. The van der Waals surface area contributed by atoms with E-state index in [-0.39, 0.29) is 5.91 Å². The Kier molecular flexibility index (Phi) is 31.0. The van der Waals surface area contributed by atoms with Gasteiger partial charge in [-0.2, -0.15) is 0 Å². The maximum Gasteiger partial charge on any atom is 0.255 e. The van der Waals surface area contributed by atoms with Crippen LogP contribution in [0.15, 0.2) is 534 Å². The first-order valence-electron chi connectivity index (χ1n) is 44.1. The third-order valence-electron chi connectivity index (χ3n) is 23.1. The van der Waals surface area contributed by atoms with E-state index < -0.39 is 7.14 Å². The number of benzene rings is 20. The molecule has 0 aliphatic rings. The molecule has 0 fully saturated rings. The number of aromatic nitrogens is 2. The molecule has 652 valence electrons. The van der Waals surface area contributed by atoms with Crippen molar-refractivity contribution in [2.24, 2.45) is 0 Å². The van der Waals surface area contributed by atoms with Crippen LogP contribution in [0, 0.1) is 3.57 Å². The van der Waals surface area contributed by atoms with Crippen LogP contribution in [0.1, 0.15) is 10.4 Å². The summed E-state index contributed by atoms with van der Waals surface area (Å²) in [4.78, 5) is 22.9. The highest BCUT2D eigenvalue weighted by Gasteiger charge is 2.30. The number of nitrogens with two attached hydrogens (primary N) is 1. The van der Waals surface area contributed by atoms with Crippen molar-refractivity contribution < 1.29 is 9.36 Å². The summed E-state index contributed by atoms with van der Waals surface area (Å²) in [7, 11) is -3.04. The van der Waals surface area contributed by atoms with Crippen LogP contribution < -0.4 is 27.0 Å². The number of nitrogens with one attached hydrogen (secondary N) is 1. The minimum atomic E-state index is -3.04. The number of carbonyl (C=O) groups is 1. The highest BCUT2D eigenvalue weighted by Crippen LogP contribution is 2.46. The minimum Gasteiger partial charge on any atom is -0.398 e. The number of nitrogens with zero attached hydrogens (tertiary/aromatic N) is 2. The summed E-state index contributed by atoms with van der Waals surface area (Å²) in [6.45, 7) is 0. The molecule has 135 heavy (non-hydrogen) atoms. The molecule has 22 rings (SSSR count). The number of halogens is 5. The Morgan fingerprint density at radius 3 is 0.978 bits per heavy atom. The summed E-state index contributed by atoms with van der Waals surface area (Å²) in [5.74, 6) is -0.128. The first-order chi connectivity index (χ1) is 66.3. The highest BCUT2D eigenvalue weighted by atomic mass is 127. The molecule has 22 aromatic rings. The summed E-state index contributed by atoms with van der Waals surface area (Å²) in [6, 6.07) is 174. The quantitative estimate of drug-likeness (QED) is 0.0489. The van der Waals surface area contributed by atoms with Gasteiger partial charge >= 0.3 is 0 Å². The number of rotatable bonds is 14. The molecule has 0 radical (unpaired) electrons. The van der Waals surface area contributed by atoms with Gasteiger partial charge in [-0.15, -0.1) is 0 Å². The Morgan fingerprint density at radius 2 is 0.556 bits per heavy atom. The largest absolute Gasteiger partial charge is 0.398 e. The SMILES string of the molecule is Brc1ccc(-c2nc3ccccc3c3c(-c4ccccc4)cccc23)cc1.Brc1ccccc1-c1ccccc1.Brc1ccccc1I.Nc1ccccc1-c1ccccc1-c1ccccc1.O=C(Nc1ccccc1-c1ccccc1-c1ccccc1)c1ccc(Br)cc1.O=P(c1ccccc1)(c1ccccc1)c1ccc(-c2nc3ccccc3c3c(-c4ccccc4)cccc23)cc1. The van der Waals surface area contributed by atoms with Crippen LogP contribution in [0.25, 0.3) is 144 Å². The van der Waals surface area contributed by atoms with Gasteiger partial charge in [0.25, 0.3) is 5.91 Å². The number of hydrogen-bond donors (Lipinski definition) is 2. The van der Waals surface area contributed by atoms with Gasteiger partial charge in [-0.25, -0.2) is 9.97 Å². The molecule has 2 aromatic heterocycles. The number of amides is 1. The van der Waals surface area contributed by atoms with Gasteiger partial charge in [0, 0.05) is 109 Å². The van der Waals surface area contributed by atoms with E-state index >= 15 is 0 Å². The third kappa shape index (κ3) is 22.2. The van der Waals surface area contributed by atoms with E-state index in [4.69, 9.17) is 15.7 Å². The van der Waals surface area contributed by atoms with Crippen molar-refractivity contribution >= 4 is 170 Å². The van der Waals surface area contributed by atoms with Crippen molar-refractivity contribution in [1.82, 2.24) is 9.97 Å². The van der Waals surface area contributed by atoms with E-state index in [2.05, 4.69) is 377 Å².